The van der Waals surface area contributed by atoms with Gasteiger partial charge in [0.05, 0.1) is 0 Å². The molecule has 0 aromatic heterocycles. The van der Waals surface area contributed by atoms with Gasteiger partial charge in [-0.3, -0.25) is 0 Å². The maximum Gasteiger partial charge on any atom is 0.0468 e. The summed E-state index contributed by atoms with van der Waals surface area (Å²) in [5.41, 5.74) is 19.3. The summed E-state index contributed by atoms with van der Waals surface area (Å²) in [6.45, 7) is 9.36. The molecule has 0 amide bonds. The quantitative estimate of drug-likeness (QED) is 0.155. The zero-order valence-corrected chi connectivity index (χ0v) is 41.7. The first-order valence-corrected chi connectivity index (χ1v) is 25.5. The van der Waals surface area contributed by atoms with E-state index < -0.39 is 0 Å². The number of anilines is 3. The van der Waals surface area contributed by atoms with E-state index in [2.05, 4.69) is 269 Å². The van der Waals surface area contributed by atoms with Crippen molar-refractivity contribution in [1.29, 1.82) is 0 Å². The van der Waals surface area contributed by atoms with Crippen molar-refractivity contribution in [3.63, 3.8) is 0 Å². The van der Waals surface area contributed by atoms with Crippen molar-refractivity contribution in [3.05, 3.63) is 270 Å². The summed E-state index contributed by atoms with van der Waals surface area (Å²) < 4.78 is 0. The van der Waals surface area contributed by atoms with Gasteiger partial charge in [0, 0.05) is 32.9 Å². The van der Waals surface area contributed by atoms with Crippen molar-refractivity contribution < 1.29 is 0 Å². The Balaban J connectivity index is 0.000000175. The maximum atomic E-state index is 6.33. The average molecular weight is 943 g/mol. The van der Waals surface area contributed by atoms with Crippen LogP contribution in [0.1, 0.15) is 49.9 Å². The third-order valence-electron chi connectivity index (χ3n) is 15.8. The molecule has 2 heteroatoms. The Morgan fingerprint density at radius 1 is 0.306 bits per heavy atom. The van der Waals surface area contributed by atoms with Crippen LogP contribution in [0.4, 0.5) is 17.1 Å². The minimum atomic E-state index is -0.0487. The molecule has 0 heterocycles. The number of fused-ring (bicyclic) bond motifs is 14. The summed E-state index contributed by atoms with van der Waals surface area (Å²) in [7, 11) is 0. The van der Waals surface area contributed by atoms with Gasteiger partial charge in [-0.1, -0.05) is 233 Å². The molecule has 2 aliphatic rings. The van der Waals surface area contributed by atoms with Crippen molar-refractivity contribution in [3.8, 4) is 44.5 Å². The summed E-state index contributed by atoms with van der Waals surface area (Å²) in [4.78, 5) is 2.39. The number of benzene rings is 12. The minimum Gasteiger partial charge on any atom is -0.310 e. The minimum absolute atomic E-state index is 0.0286. The Morgan fingerprint density at radius 2 is 0.667 bits per heavy atom. The molecule has 0 saturated carbocycles. The number of rotatable bonds is 5. The molecule has 12 aromatic rings. The molecule has 12 aromatic carbocycles. The topological polar surface area (TPSA) is 3.24 Å². The molecule has 0 bridgehead atoms. The molecule has 0 unspecified atom stereocenters. The molecular formula is C70H52ClN. The fourth-order valence-electron chi connectivity index (χ4n) is 12.1. The van der Waals surface area contributed by atoms with Crippen LogP contribution in [0.3, 0.4) is 0 Å². The first kappa shape index (κ1) is 43.8. The van der Waals surface area contributed by atoms with E-state index in [0.717, 1.165) is 22.1 Å². The summed E-state index contributed by atoms with van der Waals surface area (Å²) in [5, 5.41) is 11.0. The molecule has 1 nitrogen and oxygen atoms in total. The predicted molar refractivity (Wildman–Crippen MR) is 309 cm³/mol. The second kappa shape index (κ2) is 17.0. The molecule has 0 fully saturated rings. The average Bonchev–Trinajstić information content (AvgIpc) is 3.81. The lowest BCUT2D eigenvalue weighted by molar-refractivity contribution is 0.660. The van der Waals surface area contributed by atoms with Gasteiger partial charge in [-0.15, -0.1) is 0 Å². The molecule has 0 atom stereocenters. The van der Waals surface area contributed by atoms with Gasteiger partial charge in [-0.05, 0) is 158 Å². The molecule has 14 rings (SSSR count). The SMILES string of the molecule is CC1(C)c2ccccc2-c2c1ccc1ccc3ccc(Cl)cc3c21.CC1(C)c2ccccc2-c2c1ccc1ccc3ccc(N(c4ccc(-c5ccccc5)cc4)c4ccc(-c5ccccc5)cc4)cc3c21. The molecule has 0 radical (unpaired) electrons. The van der Waals surface area contributed by atoms with Crippen molar-refractivity contribution in [2.75, 3.05) is 4.90 Å². The molecular weight excluding hydrogens is 890 g/mol. The van der Waals surface area contributed by atoms with Crippen LogP contribution < -0.4 is 4.90 Å². The maximum absolute atomic E-state index is 6.33. The Hall–Kier alpha value is -8.23. The Bertz CT molecular complexity index is 3990. The predicted octanol–water partition coefficient (Wildman–Crippen LogP) is 20.1. The molecule has 344 valence electrons. The second-order valence-corrected chi connectivity index (χ2v) is 21.0. The third kappa shape index (κ3) is 7.06. The zero-order chi connectivity index (χ0) is 48.7. The van der Waals surface area contributed by atoms with Crippen LogP contribution >= 0.6 is 11.6 Å². The number of nitrogens with zero attached hydrogens (tertiary/aromatic N) is 1. The molecule has 0 spiro atoms. The van der Waals surface area contributed by atoms with Gasteiger partial charge in [0.25, 0.3) is 0 Å². The smallest absolute Gasteiger partial charge is 0.0468 e. The van der Waals surface area contributed by atoms with E-state index >= 15 is 0 Å². The van der Waals surface area contributed by atoms with E-state index in [9.17, 15) is 0 Å². The highest BCUT2D eigenvalue weighted by molar-refractivity contribution is 6.32. The second-order valence-electron chi connectivity index (χ2n) is 20.6. The van der Waals surface area contributed by atoms with E-state index in [0.29, 0.717) is 0 Å². The summed E-state index contributed by atoms with van der Waals surface area (Å²) in [5.74, 6) is 0. The van der Waals surface area contributed by atoms with Crippen LogP contribution in [-0.2, 0) is 10.8 Å². The third-order valence-corrected chi connectivity index (χ3v) is 16.0. The lowest BCUT2D eigenvalue weighted by atomic mass is 9.82. The summed E-state index contributed by atoms with van der Waals surface area (Å²) in [6, 6.07) is 88.2. The fourth-order valence-corrected chi connectivity index (χ4v) is 12.3. The fraction of sp³-hybridized carbons (Fsp3) is 0.0857. The molecule has 2 aliphatic carbocycles. The lowest BCUT2D eigenvalue weighted by Gasteiger charge is -2.27. The Morgan fingerprint density at radius 3 is 1.15 bits per heavy atom. The van der Waals surface area contributed by atoms with Gasteiger partial charge >= 0.3 is 0 Å². The van der Waals surface area contributed by atoms with Crippen molar-refractivity contribution in [2.24, 2.45) is 0 Å². The molecule has 0 N–H and O–H groups in total. The van der Waals surface area contributed by atoms with E-state index in [1.807, 2.05) is 6.07 Å². The number of hydrogen-bond donors (Lipinski definition) is 0. The largest absolute Gasteiger partial charge is 0.310 e. The van der Waals surface area contributed by atoms with Crippen LogP contribution in [0, 0.1) is 0 Å². The van der Waals surface area contributed by atoms with Crippen molar-refractivity contribution in [1.82, 2.24) is 0 Å². The number of halogens is 1. The zero-order valence-electron chi connectivity index (χ0n) is 40.9. The summed E-state index contributed by atoms with van der Waals surface area (Å²) in [6.07, 6.45) is 0. The monoisotopic (exact) mass is 941 g/mol. The molecule has 0 saturated heterocycles. The molecule has 72 heavy (non-hydrogen) atoms. The van der Waals surface area contributed by atoms with E-state index in [4.69, 9.17) is 11.6 Å². The van der Waals surface area contributed by atoms with Gasteiger partial charge in [0.15, 0.2) is 0 Å². The van der Waals surface area contributed by atoms with Crippen molar-refractivity contribution >= 4 is 71.8 Å². The highest BCUT2D eigenvalue weighted by atomic mass is 35.5. The van der Waals surface area contributed by atoms with Gasteiger partial charge in [0.1, 0.15) is 0 Å². The van der Waals surface area contributed by atoms with E-state index in [1.54, 1.807) is 0 Å². The van der Waals surface area contributed by atoms with Crippen LogP contribution in [0.15, 0.2) is 243 Å². The summed E-state index contributed by atoms with van der Waals surface area (Å²) >= 11 is 6.33. The highest BCUT2D eigenvalue weighted by Gasteiger charge is 2.38. The standard InChI is InChI=1S/C47H35N.C23H17Cl/c1-47(2)43-16-10-9-15-41(43)46-44(47)30-24-37-18-17-36-23-29-40(31-42(36)45(37)46)48(38-25-19-34(20-26-38)32-11-5-3-6-12-32)39-27-21-35(22-28-39)33-13-7-4-8-14-33;1-23(2)19-6-4-3-5-17(19)22-20(23)12-10-15-8-7-14-9-11-16(24)13-18(14)21(15)22/h3-31H,1-2H3;3-13H,1-2H3. The first-order chi connectivity index (χ1) is 35.1. The van der Waals surface area contributed by atoms with Gasteiger partial charge < -0.3 is 4.90 Å². The first-order valence-electron chi connectivity index (χ1n) is 25.1. The Labute approximate surface area is 427 Å². The number of hydrogen-bond acceptors (Lipinski definition) is 1. The Kier molecular flexibility index (Phi) is 10.3. The van der Waals surface area contributed by atoms with Crippen LogP contribution in [0.5, 0.6) is 0 Å². The van der Waals surface area contributed by atoms with Gasteiger partial charge in [0.2, 0.25) is 0 Å². The van der Waals surface area contributed by atoms with Crippen LogP contribution in [-0.4, -0.2) is 0 Å². The van der Waals surface area contributed by atoms with Gasteiger partial charge in [-0.2, -0.15) is 0 Å². The lowest BCUT2D eigenvalue weighted by Crippen LogP contribution is -2.14. The molecule has 0 aliphatic heterocycles. The van der Waals surface area contributed by atoms with Gasteiger partial charge in [-0.25, -0.2) is 0 Å². The van der Waals surface area contributed by atoms with Crippen LogP contribution in [0.25, 0.3) is 87.6 Å². The van der Waals surface area contributed by atoms with E-state index in [1.165, 1.54) is 110 Å². The van der Waals surface area contributed by atoms with Crippen molar-refractivity contribution in [2.45, 2.75) is 38.5 Å². The highest BCUT2D eigenvalue weighted by Crippen LogP contribution is 2.54. The van der Waals surface area contributed by atoms with Crippen LogP contribution in [0.2, 0.25) is 5.02 Å². The van der Waals surface area contributed by atoms with E-state index in [-0.39, 0.29) is 10.8 Å². The normalized spacial score (nSPS) is 13.6.